The molecule has 0 atom stereocenters. The molecule has 7 heavy (non-hydrogen) atoms. The minimum Gasteiger partial charge on any atom is -0.315 e. The second-order valence-electron chi connectivity index (χ2n) is 1.63. The largest absolute Gasteiger partial charge is 0.315 e. The van der Waals surface area contributed by atoms with Gasteiger partial charge in [0.1, 0.15) is 0 Å². The van der Waals surface area contributed by atoms with Gasteiger partial charge in [-0.2, -0.15) is 0 Å². The average Bonchev–Trinajstić information content (AvgIpc) is 1.90. The summed E-state index contributed by atoms with van der Waals surface area (Å²) in [6.07, 6.45) is 3.08. The second kappa shape index (κ2) is 2.75. The highest BCUT2D eigenvalue weighted by Gasteiger charge is 1.87. The van der Waals surface area contributed by atoms with E-state index in [1.807, 2.05) is 6.21 Å². The molecule has 0 radical (unpaired) electrons. The highest BCUT2D eigenvalue weighted by molar-refractivity contribution is 5.57. The Labute approximate surface area is 43.6 Å². The Balaban J connectivity index is 2.20. The van der Waals surface area contributed by atoms with Crippen LogP contribution in [0, 0.1) is 0 Å². The zero-order valence-corrected chi connectivity index (χ0v) is 4.35. The smallest absolute Gasteiger partial charge is 0.0510 e. The van der Waals surface area contributed by atoms with Crippen LogP contribution in [0.5, 0.6) is 0 Å². The number of nitrogens with one attached hydrogen (secondary N) is 1. The quantitative estimate of drug-likeness (QED) is 0.455. The predicted octanol–water partition coefficient (Wildman–Crippen LogP) is 0.0505. The lowest BCUT2D eigenvalue weighted by atomic mass is 10.5. The average molecular weight is 98.1 g/mol. The Morgan fingerprint density at radius 1 is 1.43 bits per heavy atom. The van der Waals surface area contributed by atoms with Gasteiger partial charge in [-0.1, -0.05) is 0 Å². The number of hydrogen-bond acceptors (Lipinski definition) is 2. The first-order valence-electron chi connectivity index (χ1n) is 2.69. The molecule has 0 amide bonds. The van der Waals surface area contributed by atoms with Gasteiger partial charge in [0.05, 0.1) is 6.54 Å². The molecule has 0 fully saturated rings. The van der Waals surface area contributed by atoms with Crippen LogP contribution in [0.15, 0.2) is 4.99 Å². The van der Waals surface area contributed by atoms with Gasteiger partial charge in [-0.25, -0.2) is 0 Å². The number of hydrogen-bond donors (Lipinski definition) is 1. The van der Waals surface area contributed by atoms with Gasteiger partial charge < -0.3 is 5.32 Å². The lowest BCUT2D eigenvalue weighted by Gasteiger charge is -1.91. The van der Waals surface area contributed by atoms with E-state index in [4.69, 9.17) is 0 Å². The lowest BCUT2D eigenvalue weighted by Crippen LogP contribution is -2.16. The van der Waals surface area contributed by atoms with Crippen molar-refractivity contribution in [2.45, 2.75) is 6.42 Å². The summed E-state index contributed by atoms with van der Waals surface area (Å²) in [7, 11) is 0. The molecule has 1 rings (SSSR count). The molecule has 0 aromatic rings. The topological polar surface area (TPSA) is 24.4 Å². The van der Waals surface area contributed by atoms with Crippen molar-refractivity contribution < 1.29 is 0 Å². The van der Waals surface area contributed by atoms with Gasteiger partial charge >= 0.3 is 0 Å². The minimum atomic E-state index is 0.958. The molecular weight excluding hydrogens is 88.1 g/mol. The maximum Gasteiger partial charge on any atom is 0.0510 e. The summed E-state index contributed by atoms with van der Waals surface area (Å²) in [5, 5.41) is 3.22. The first-order chi connectivity index (χ1) is 3.50. The van der Waals surface area contributed by atoms with Crippen molar-refractivity contribution in [1.29, 1.82) is 0 Å². The Kier molecular flexibility index (Phi) is 1.88. The summed E-state index contributed by atoms with van der Waals surface area (Å²) < 4.78 is 0. The van der Waals surface area contributed by atoms with Gasteiger partial charge in [0, 0.05) is 13.1 Å². The second-order valence-corrected chi connectivity index (χ2v) is 1.63. The summed E-state index contributed by atoms with van der Waals surface area (Å²) >= 11 is 0. The molecule has 0 aromatic heterocycles. The minimum absolute atomic E-state index is 0.958. The molecule has 1 heterocycles. The molecule has 0 aliphatic carbocycles. The van der Waals surface area contributed by atoms with Crippen LogP contribution in [0.3, 0.4) is 0 Å². The van der Waals surface area contributed by atoms with Crippen LogP contribution in [0.2, 0.25) is 0 Å². The van der Waals surface area contributed by atoms with Crippen molar-refractivity contribution in [3.05, 3.63) is 0 Å². The standard InChI is InChI=1S/C5H10N2/c1-2-6-4-5-7-3-1/h2,7H,1,3-5H2. The predicted molar refractivity (Wildman–Crippen MR) is 30.8 cm³/mol. The van der Waals surface area contributed by atoms with Gasteiger partial charge in [-0.15, -0.1) is 0 Å². The number of rotatable bonds is 0. The van der Waals surface area contributed by atoms with Crippen molar-refractivity contribution in [1.82, 2.24) is 5.32 Å². The van der Waals surface area contributed by atoms with Crippen LogP contribution in [0.25, 0.3) is 0 Å². The van der Waals surface area contributed by atoms with Crippen molar-refractivity contribution in [3.8, 4) is 0 Å². The maximum absolute atomic E-state index is 4.08. The Hall–Kier alpha value is -0.370. The highest BCUT2D eigenvalue weighted by Crippen LogP contribution is 1.77. The monoisotopic (exact) mass is 98.1 g/mol. The third kappa shape index (κ3) is 1.69. The number of aliphatic imine (C=N–C) groups is 1. The molecule has 1 N–H and O–H groups in total. The van der Waals surface area contributed by atoms with Crippen LogP contribution in [0.1, 0.15) is 6.42 Å². The zero-order chi connectivity index (χ0) is 4.95. The fourth-order valence-corrected chi connectivity index (χ4v) is 0.618. The van der Waals surface area contributed by atoms with Crippen LogP contribution >= 0.6 is 0 Å². The molecule has 1 aliphatic heterocycles. The highest BCUT2D eigenvalue weighted by atomic mass is 14.9. The van der Waals surface area contributed by atoms with E-state index in [-0.39, 0.29) is 0 Å². The van der Waals surface area contributed by atoms with Gasteiger partial charge in [0.2, 0.25) is 0 Å². The molecule has 0 spiro atoms. The van der Waals surface area contributed by atoms with E-state index < -0.39 is 0 Å². The number of nitrogens with zero attached hydrogens (tertiary/aromatic N) is 1. The van der Waals surface area contributed by atoms with Crippen LogP contribution in [-0.4, -0.2) is 25.8 Å². The Morgan fingerprint density at radius 3 is 3.43 bits per heavy atom. The summed E-state index contributed by atoms with van der Waals surface area (Å²) in [6, 6.07) is 0. The molecular formula is C5H10N2. The fraction of sp³-hybridized carbons (Fsp3) is 0.800. The van der Waals surface area contributed by atoms with Crippen molar-refractivity contribution in [2.24, 2.45) is 4.99 Å². The van der Waals surface area contributed by atoms with E-state index in [0.717, 1.165) is 26.1 Å². The van der Waals surface area contributed by atoms with Crippen LogP contribution < -0.4 is 5.32 Å². The van der Waals surface area contributed by atoms with E-state index in [2.05, 4.69) is 10.3 Å². The molecule has 2 heteroatoms. The maximum atomic E-state index is 4.08. The fourth-order valence-electron chi connectivity index (χ4n) is 0.618. The van der Waals surface area contributed by atoms with Crippen molar-refractivity contribution >= 4 is 6.21 Å². The van der Waals surface area contributed by atoms with E-state index in [1.54, 1.807) is 0 Å². The van der Waals surface area contributed by atoms with Gasteiger partial charge in [0.25, 0.3) is 0 Å². The van der Waals surface area contributed by atoms with Crippen molar-refractivity contribution in [3.63, 3.8) is 0 Å². The van der Waals surface area contributed by atoms with Crippen LogP contribution in [0.4, 0.5) is 0 Å². The molecule has 1 aliphatic rings. The molecule has 0 saturated heterocycles. The zero-order valence-electron chi connectivity index (χ0n) is 4.35. The SMILES string of the molecule is C1=NCCNCC1. The third-order valence-corrected chi connectivity index (χ3v) is 0.997. The van der Waals surface area contributed by atoms with Crippen LogP contribution in [-0.2, 0) is 0 Å². The lowest BCUT2D eigenvalue weighted by molar-refractivity contribution is 0.728. The Morgan fingerprint density at radius 2 is 2.43 bits per heavy atom. The first-order valence-corrected chi connectivity index (χ1v) is 2.69. The normalized spacial score (nSPS) is 21.7. The molecule has 0 saturated carbocycles. The van der Waals surface area contributed by atoms with Gasteiger partial charge in [-0.05, 0) is 12.6 Å². The molecule has 0 unspecified atom stereocenters. The summed E-state index contributed by atoms with van der Waals surface area (Å²) in [5.41, 5.74) is 0. The molecule has 0 bridgehead atoms. The van der Waals surface area contributed by atoms with E-state index in [0.29, 0.717) is 0 Å². The summed E-state index contributed by atoms with van der Waals surface area (Å²) in [5.74, 6) is 0. The molecule has 0 aromatic carbocycles. The van der Waals surface area contributed by atoms with E-state index in [9.17, 15) is 0 Å². The van der Waals surface area contributed by atoms with Gasteiger partial charge in [0.15, 0.2) is 0 Å². The Bertz CT molecular complexity index is 60.5. The van der Waals surface area contributed by atoms with E-state index in [1.165, 1.54) is 0 Å². The van der Waals surface area contributed by atoms with Crippen molar-refractivity contribution in [2.75, 3.05) is 19.6 Å². The van der Waals surface area contributed by atoms with Gasteiger partial charge in [-0.3, -0.25) is 4.99 Å². The summed E-state index contributed by atoms with van der Waals surface area (Å²) in [6.45, 7) is 3.11. The van der Waals surface area contributed by atoms with E-state index >= 15 is 0 Å². The molecule has 40 valence electrons. The first kappa shape index (κ1) is 4.78. The summed E-state index contributed by atoms with van der Waals surface area (Å²) in [4.78, 5) is 4.08. The molecule has 2 nitrogen and oxygen atoms in total. The third-order valence-electron chi connectivity index (χ3n) is 0.997.